The summed E-state index contributed by atoms with van der Waals surface area (Å²) < 4.78 is 4.43. The number of benzene rings is 2. The highest BCUT2D eigenvalue weighted by Crippen LogP contribution is 2.22. The Hall–Kier alpha value is -2.20. The van der Waals surface area contributed by atoms with Gasteiger partial charge in [-0.05, 0) is 36.2 Å². The summed E-state index contributed by atoms with van der Waals surface area (Å²) in [6, 6.07) is 16.6. The van der Waals surface area contributed by atoms with Crippen LogP contribution in [0, 0.1) is 0 Å². The molecule has 0 atom stereocenters. The lowest BCUT2D eigenvalue weighted by molar-refractivity contribution is 1.39. The Morgan fingerprint density at radius 1 is 0.900 bits per heavy atom. The predicted octanol–water partition coefficient (Wildman–Crippen LogP) is 3.87. The lowest BCUT2D eigenvalue weighted by Crippen LogP contribution is -2.05. The van der Waals surface area contributed by atoms with Crippen molar-refractivity contribution in [2.24, 2.45) is 9.39 Å². The van der Waals surface area contributed by atoms with Gasteiger partial charge in [0.25, 0.3) is 0 Å². The normalized spacial score (nSPS) is 14.7. The van der Waals surface area contributed by atoms with Gasteiger partial charge in [-0.25, -0.2) is 9.38 Å². The number of nitrogens with zero attached hydrogens (tertiary/aromatic N) is 3. The summed E-state index contributed by atoms with van der Waals surface area (Å²) in [5, 5.41) is 2.29. The molecule has 0 radical (unpaired) electrons. The van der Waals surface area contributed by atoms with Gasteiger partial charge >= 0.3 is 0 Å². The maximum absolute atomic E-state index is 4.69. The number of para-hydroxylation sites is 1. The maximum Gasteiger partial charge on any atom is 0.106 e. The lowest BCUT2D eigenvalue weighted by Gasteiger charge is -2.07. The summed E-state index contributed by atoms with van der Waals surface area (Å²) in [7, 11) is 0. The Balaban J connectivity index is 1.92. The zero-order valence-electron chi connectivity index (χ0n) is 10.7. The fourth-order valence-electron chi connectivity index (χ4n) is 2.35. The van der Waals surface area contributed by atoms with E-state index in [0.717, 1.165) is 33.1 Å². The molecule has 1 aromatic heterocycles. The molecule has 0 aliphatic carbocycles. The average molecular weight is 277 g/mol. The molecule has 0 spiro atoms. The van der Waals surface area contributed by atoms with Crippen molar-refractivity contribution >= 4 is 45.7 Å². The third-order valence-corrected chi connectivity index (χ3v) is 3.91. The van der Waals surface area contributed by atoms with Gasteiger partial charge in [-0.1, -0.05) is 24.3 Å². The number of hydrogen-bond donors (Lipinski definition) is 0. The van der Waals surface area contributed by atoms with Crippen LogP contribution in [0.15, 0.2) is 57.9 Å². The monoisotopic (exact) mass is 277 g/mol. The van der Waals surface area contributed by atoms with Crippen molar-refractivity contribution in [3.05, 3.63) is 54.1 Å². The van der Waals surface area contributed by atoms with Gasteiger partial charge in [-0.2, -0.15) is 0 Å². The van der Waals surface area contributed by atoms with Crippen molar-refractivity contribution in [1.82, 2.24) is 4.98 Å². The molecule has 3 nitrogen and oxygen atoms in total. The van der Waals surface area contributed by atoms with E-state index < -0.39 is 0 Å². The van der Waals surface area contributed by atoms with Gasteiger partial charge in [-0.15, -0.1) is 0 Å². The van der Waals surface area contributed by atoms with Gasteiger partial charge in [0.15, 0.2) is 0 Å². The minimum Gasteiger partial charge on any atom is -0.278 e. The van der Waals surface area contributed by atoms with Crippen molar-refractivity contribution in [3.8, 4) is 0 Å². The molecule has 0 amide bonds. The van der Waals surface area contributed by atoms with Crippen LogP contribution < -0.4 is 0 Å². The minimum absolute atomic E-state index is 0.712. The molecule has 0 saturated heterocycles. The highest BCUT2D eigenvalue weighted by Gasteiger charge is 2.06. The second-order valence-electron chi connectivity index (χ2n) is 4.63. The minimum atomic E-state index is 0.712. The van der Waals surface area contributed by atoms with E-state index in [1.165, 1.54) is 11.9 Å². The fourth-order valence-corrected chi connectivity index (χ4v) is 2.84. The van der Waals surface area contributed by atoms with Crippen LogP contribution in [-0.4, -0.2) is 22.8 Å². The van der Waals surface area contributed by atoms with Crippen LogP contribution in [0.5, 0.6) is 0 Å². The molecule has 2 aromatic carbocycles. The van der Waals surface area contributed by atoms with E-state index >= 15 is 0 Å². The van der Waals surface area contributed by atoms with Crippen LogP contribution in [0.25, 0.3) is 21.8 Å². The quantitative estimate of drug-likeness (QED) is 0.500. The van der Waals surface area contributed by atoms with E-state index in [9.17, 15) is 0 Å². The van der Waals surface area contributed by atoms with Crippen LogP contribution >= 0.6 is 11.9 Å². The summed E-state index contributed by atoms with van der Waals surface area (Å²) in [6.45, 7) is 0. The van der Waals surface area contributed by atoms with Crippen molar-refractivity contribution in [2.75, 3.05) is 5.88 Å². The van der Waals surface area contributed by atoms with Gasteiger partial charge in [0.1, 0.15) is 5.88 Å². The first kappa shape index (κ1) is 11.6. The highest BCUT2D eigenvalue weighted by atomic mass is 32.2. The number of fused-ring (bicyclic) bond motifs is 2. The number of rotatable bonds is 1. The maximum atomic E-state index is 4.69. The Kier molecular flexibility index (Phi) is 2.74. The topological polar surface area (TPSA) is 37.6 Å². The zero-order chi connectivity index (χ0) is 13.4. The zero-order valence-corrected chi connectivity index (χ0v) is 11.5. The standard InChI is InChI=1S/C16H11N3S/c1-2-4-14-11(3-1)7-13-8-12(5-6-15(13)18-14)16-9-17-10-20-19-16/h1-9H,10H2. The molecule has 4 rings (SSSR count). The van der Waals surface area contributed by atoms with Crippen LogP contribution in [0.3, 0.4) is 0 Å². The number of hydrogen-bond acceptors (Lipinski definition) is 4. The smallest absolute Gasteiger partial charge is 0.106 e. The van der Waals surface area contributed by atoms with E-state index in [1.807, 2.05) is 30.5 Å². The summed E-state index contributed by atoms with van der Waals surface area (Å²) in [6.07, 6.45) is 1.84. The molecular weight excluding hydrogens is 266 g/mol. The Bertz CT molecular complexity index is 868. The average Bonchev–Trinajstić information content (AvgIpc) is 2.53. The Morgan fingerprint density at radius 3 is 2.70 bits per heavy atom. The van der Waals surface area contributed by atoms with Crippen molar-refractivity contribution in [1.29, 1.82) is 0 Å². The van der Waals surface area contributed by atoms with Crippen LogP contribution in [0.1, 0.15) is 5.56 Å². The molecule has 0 saturated carbocycles. The summed E-state index contributed by atoms with van der Waals surface area (Å²) >= 11 is 1.48. The highest BCUT2D eigenvalue weighted by molar-refractivity contribution is 7.98. The first-order valence-electron chi connectivity index (χ1n) is 6.40. The number of aromatic nitrogens is 1. The number of aliphatic imine (C=N–C) groups is 1. The first-order valence-corrected chi connectivity index (χ1v) is 7.34. The van der Waals surface area contributed by atoms with Gasteiger partial charge in [0, 0.05) is 22.6 Å². The molecule has 0 N–H and O–H groups in total. The number of pyridine rings is 1. The van der Waals surface area contributed by atoms with E-state index in [4.69, 9.17) is 0 Å². The van der Waals surface area contributed by atoms with E-state index in [-0.39, 0.29) is 0 Å². The molecule has 96 valence electrons. The SMILES string of the molecule is C1=NCSN=C1c1ccc2nc3ccccc3cc2c1. The molecule has 4 heteroatoms. The summed E-state index contributed by atoms with van der Waals surface area (Å²) in [5.74, 6) is 0.712. The molecular formula is C16H11N3S. The molecule has 0 bridgehead atoms. The molecule has 2 heterocycles. The van der Waals surface area contributed by atoms with E-state index in [1.54, 1.807) is 0 Å². The molecule has 20 heavy (non-hydrogen) atoms. The van der Waals surface area contributed by atoms with Crippen molar-refractivity contribution < 1.29 is 0 Å². The molecule has 0 unspecified atom stereocenters. The third kappa shape index (κ3) is 1.98. The largest absolute Gasteiger partial charge is 0.278 e. The molecule has 1 aliphatic rings. The van der Waals surface area contributed by atoms with Crippen LogP contribution in [0.4, 0.5) is 0 Å². The fraction of sp³-hybridized carbons (Fsp3) is 0.0625. The van der Waals surface area contributed by atoms with E-state index in [0.29, 0.717) is 5.88 Å². The van der Waals surface area contributed by atoms with Crippen LogP contribution in [0.2, 0.25) is 0 Å². The van der Waals surface area contributed by atoms with Gasteiger partial charge in [0.2, 0.25) is 0 Å². The van der Waals surface area contributed by atoms with Gasteiger partial charge in [-0.3, -0.25) is 4.99 Å². The Morgan fingerprint density at radius 2 is 1.80 bits per heavy atom. The Labute approximate surface area is 120 Å². The van der Waals surface area contributed by atoms with Gasteiger partial charge < -0.3 is 0 Å². The first-order chi connectivity index (χ1) is 9.90. The molecule has 0 fully saturated rings. The summed E-state index contributed by atoms with van der Waals surface area (Å²) in [5.41, 5.74) is 4.05. The predicted molar refractivity (Wildman–Crippen MR) is 86.7 cm³/mol. The third-order valence-electron chi connectivity index (χ3n) is 3.32. The van der Waals surface area contributed by atoms with Crippen molar-refractivity contribution in [3.63, 3.8) is 0 Å². The summed E-state index contributed by atoms with van der Waals surface area (Å²) in [4.78, 5) is 8.94. The van der Waals surface area contributed by atoms with Crippen LogP contribution in [-0.2, 0) is 0 Å². The van der Waals surface area contributed by atoms with Crippen molar-refractivity contribution in [2.45, 2.75) is 0 Å². The second kappa shape index (κ2) is 4.72. The van der Waals surface area contributed by atoms with Gasteiger partial charge in [0.05, 0.1) is 16.7 Å². The lowest BCUT2D eigenvalue weighted by atomic mass is 10.1. The molecule has 3 aromatic rings. The molecule has 1 aliphatic heterocycles. The second-order valence-corrected chi connectivity index (χ2v) is 5.33. The van der Waals surface area contributed by atoms with E-state index in [2.05, 4.69) is 38.6 Å².